The van der Waals surface area contributed by atoms with Crippen molar-refractivity contribution in [2.24, 2.45) is 0 Å². The van der Waals surface area contributed by atoms with Crippen molar-refractivity contribution in [1.82, 2.24) is 9.88 Å². The second-order valence-electron chi connectivity index (χ2n) is 6.49. The lowest BCUT2D eigenvalue weighted by Crippen LogP contribution is -2.35. The van der Waals surface area contributed by atoms with Gasteiger partial charge in [-0.15, -0.1) is 0 Å². The number of H-pyrrole nitrogens is 1. The summed E-state index contributed by atoms with van der Waals surface area (Å²) >= 11 is 6.91. The van der Waals surface area contributed by atoms with Crippen LogP contribution in [0.25, 0.3) is 10.9 Å². The maximum atomic E-state index is 12.8. The van der Waals surface area contributed by atoms with Crippen LogP contribution in [0, 0.1) is 13.8 Å². The summed E-state index contributed by atoms with van der Waals surface area (Å²) in [6.07, 6.45) is 1.67. The molecule has 1 heterocycles. The number of anilines is 1. The number of hydrogen-bond donors (Lipinski definition) is 2. The zero-order valence-corrected chi connectivity index (χ0v) is 18.4. The van der Waals surface area contributed by atoms with E-state index in [0.29, 0.717) is 5.56 Å². The molecule has 1 aromatic heterocycles. The number of benzene rings is 2. The third kappa shape index (κ3) is 4.09. The molecule has 0 aliphatic heterocycles. The van der Waals surface area contributed by atoms with Crippen molar-refractivity contribution in [3.05, 3.63) is 62.2 Å². The highest BCUT2D eigenvalue weighted by atomic mass is 79.9. The van der Waals surface area contributed by atoms with E-state index in [-0.39, 0.29) is 18.4 Å². The van der Waals surface area contributed by atoms with Crippen molar-refractivity contribution < 1.29 is 9.59 Å². The van der Waals surface area contributed by atoms with Crippen LogP contribution in [0.1, 0.15) is 21.5 Å². The summed E-state index contributed by atoms with van der Waals surface area (Å²) in [6.45, 7) is 3.86. The molecule has 0 radical (unpaired) electrons. The second kappa shape index (κ2) is 7.86. The van der Waals surface area contributed by atoms with E-state index in [1.165, 1.54) is 4.90 Å². The van der Waals surface area contributed by atoms with Crippen molar-refractivity contribution in [2.45, 2.75) is 13.8 Å². The molecule has 0 saturated carbocycles. The van der Waals surface area contributed by atoms with E-state index in [0.717, 1.165) is 36.7 Å². The highest BCUT2D eigenvalue weighted by molar-refractivity contribution is 9.13. The van der Waals surface area contributed by atoms with E-state index >= 15 is 0 Å². The lowest BCUT2D eigenvalue weighted by atomic mass is 10.1. The van der Waals surface area contributed by atoms with Gasteiger partial charge in [-0.25, -0.2) is 0 Å². The first-order valence-electron chi connectivity index (χ1n) is 8.35. The molecule has 3 rings (SSSR count). The number of nitrogens with one attached hydrogen (secondary N) is 2. The summed E-state index contributed by atoms with van der Waals surface area (Å²) in [7, 11) is 1.62. The third-order valence-corrected chi connectivity index (χ3v) is 6.27. The van der Waals surface area contributed by atoms with Crippen LogP contribution in [0.3, 0.4) is 0 Å². The average Bonchev–Trinajstić information content (AvgIpc) is 3.00. The molecule has 140 valence electrons. The molecule has 27 heavy (non-hydrogen) atoms. The van der Waals surface area contributed by atoms with E-state index in [1.54, 1.807) is 13.2 Å². The number of carbonyl (C=O) groups is 2. The van der Waals surface area contributed by atoms with E-state index in [1.807, 2.05) is 44.2 Å². The van der Waals surface area contributed by atoms with Gasteiger partial charge in [0.1, 0.15) is 0 Å². The molecular formula is C20H19Br2N3O2. The Hall–Kier alpha value is -2.12. The molecule has 0 unspecified atom stereocenters. The molecule has 0 spiro atoms. The van der Waals surface area contributed by atoms with Gasteiger partial charge in [-0.3, -0.25) is 9.59 Å². The Labute approximate surface area is 174 Å². The Kier molecular flexibility index (Phi) is 5.72. The number of nitrogens with zero attached hydrogens (tertiary/aromatic N) is 1. The number of hydrogen-bond acceptors (Lipinski definition) is 2. The smallest absolute Gasteiger partial charge is 0.256 e. The van der Waals surface area contributed by atoms with Crippen LogP contribution in [0.15, 0.2) is 45.5 Å². The van der Waals surface area contributed by atoms with Crippen molar-refractivity contribution in [2.75, 3.05) is 18.9 Å². The van der Waals surface area contributed by atoms with Crippen molar-refractivity contribution in [3.63, 3.8) is 0 Å². The maximum absolute atomic E-state index is 12.8. The normalized spacial score (nSPS) is 10.9. The molecular weight excluding hydrogens is 474 g/mol. The van der Waals surface area contributed by atoms with Gasteiger partial charge in [-0.2, -0.15) is 0 Å². The fraction of sp³-hybridized carbons (Fsp3) is 0.200. The number of aromatic amines is 1. The first-order chi connectivity index (χ1) is 12.8. The van der Waals surface area contributed by atoms with Crippen LogP contribution in [0.2, 0.25) is 0 Å². The first-order valence-corrected chi connectivity index (χ1v) is 9.94. The van der Waals surface area contributed by atoms with Gasteiger partial charge in [0.25, 0.3) is 5.91 Å². The summed E-state index contributed by atoms with van der Waals surface area (Å²) in [4.78, 5) is 29.8. The molecule has 2 aromatic carbocycles. The van der Waals surface area contributed by atoms with Gasteiger partial charge in [0.05, 0.1) is 12.1 Å². The Bertz CT molecular complexity index is 1020. The molecule has 7 heteroatoms. The van der Waals surface area contributed by atoms with Crippen LogP contribution in [-0.4, -0.2) is 35.3 Å². The van der Waals surface area contributed by atoms with Crippen molar-refractivity contribution in [1.29, 1.82) is 0 Å². The topological polar surface area (TPSA) is 65.2 Å². The Morgan fingerprint density at radius 2 is 1.74 bits per heavy atom. The number of fused-ring (bicyclic) bond motifs is 1. The van der Waals surface area contributed by atoms with Gasteiger partial charge >= 0.3 is 0 Å². The molecule has 0 aliphatic carbocycles. The molecule has 2 N–H and O–H groups in total. The largest absolute Gasteiger partial charge is 0.360 e. The van der Waals surface area contributed by atoms with Gasteiger partial charge < -0.3 is 15.2 Å². The predicted octanol–water partition coefficient (Wildman–Crippen LogP) is 5.02. The number of amides is 2. The molecule has 0 aliphatic rings. The van der Waals surface area contributed by atoms with E-state index in [4.69, 9.17) is 0 Å². The van der Waals surface area contributed by atoms with Gasteiger partial charge in [-0.05, 0) is 69.0 Å². The maximum Gasteiger partial charge on any atom is 0.256 e. The lowest BCUT2D eigenvalue weighted by Gasteiger charge is -2.18. The van der Waals surface area contributed by atoms with Crippen molar-refractivity contribution >= 4 is 60.3 Å². The second-order valence-corrected chi connectivity index (χ2v) is 8.20. The number of likely N-dealkylation sites (N-methyl/N-ethyl adjacent to an activating group) is 1. The number of halogens is 2. The molecule has 0 atom stereocenters. The SMILES string of the molecule is Cc1cccc(C)c1NC(=O)CN(C)C(=O)c1c[nH]c2cc(Br)c(Br)cc12. The first kappa shape index (κ1) is 19.6. The predicted molar refractivity (Wildman–Crippen MR) is 115 cm³/mol. The summed E-state index contributed by atoms with van der Waals surface area (Å²) in [5, 5.41) is 3.71. The number of rotatable bonds is 4. The average molecular weight is 493 g/mol. The Balaban J connectivity index is 1.76. The molecule has 3 aromatic rings. The molecule has 2 amide bonds. The molecule has 0 saturated heterocycles. The monoisotopic (exact) mass is 491 g/mol. The summed E-state index contributed by atoms with van der Waals surface area (Å²) in [5.74, 6) is -0.445. The number of carbonyl (C=O) groups excluding carboxylic acids is 2. The van der Waals surface area contributed by atoms with E-state index in [9.17, 15) is 9.59 Å². The van der Waals surface area contributed by atoms with Gasteiger partial charge in [0, 0.05) is 38.8 Å². The summed E-state index contributed by atoms with van der Waals surface area (Å²) < 4.78 is 1.76. The van der Waals surface area contributed by atoms with E-state index < -0.39 is 0 Å². The quantitative estimate of drug-likeness (QED) is 0.537. The van der Waals surface area contributed by atoms with E-state index in [2.05, 4.69) is 42.2 Å². The standard InChI is InChI=1S/C20H19Br2N3O2/c1-11-5-4-6-12(2)19(11)24-18(26)10-25(3)20(27)14-9-23-17-8-16(22)15(21)7-13(14)17/h4-9,23H,10H2,1-3H3,(H,24,26). The molecule has 0 fully saturated rings. The van der Waals surface area contributed by atoms with Gasteiger partial charge in [0.2, 0.25) is 5.91 Å². The minimum absolute atomic E-state index is 0.0308. The van der Waals surface area contributed by atoms with Crippen molar-refractivity contribution in [3.8, 4) is 0 Å². The Morgan fingerprint density at radius 3 is 2.41 bits per heavy atom. The third-order valence-electron chi connectivity index (χ3n) is 4.43. The number of aryl methyl sites for hydroxylation is 2. The highest BCUT2D eigenvalue weighted by Crippen LogP contribution is 2.30. The minimum Gasteiger partial charge on any atom is -0.360 e. The summed E-state index contributed by atoms with van der Waals surface area (Å²) in [6, 6.07) is 9.62. The molecule has 0 bridgehead atoms. The van der Waals surface area contributed by atoms with Crippen LogP contribution in [0.4, 0.5) is 5.69 Å². The fourth-order valence-corrected chi connectivity index (χ4v) is 3.66. The summed E-state index contributed by atoms with van der Waals surface area (Å²) in [5.41, 5.74) is 4.15. The molecule has 5 nitrogen and oxygen atoms in total. The van der Waals surface area contributed by atoms with Crippen LogP contribution >= 0.6 is 31.9 Å². The number of aromatic nitrogens is 1. The van der Waals surface area contributed by atoms with Gasteiger partial charge in [0.15, 0.2) is 0 Å². The van der Waals surface area contributed by atoms with Crippen LogP contribution < -0.4 is 5.32 Å². The Morgan fingerprint density at radius 1 is 1.11 bits per heavy atom. The zero-order valence-electron chi connectivity index (χ0n) is 15.2. The van der Waals surface area contributed by atoms with Gasteiger partial charge in [-0.1, -0.05) is 18.2 Å². The lowest BCUT2D eigenvalue weighted by molar-refractivity contribution is -0.116. The zero-order chi connectivity index (χ0) is 19.7. The fourth-order valence-electron chi connectivity index (χ4n) is 2.98. The minimum atomic E-state index is -0.230. The highest BCUT2D eigenvalue weighted by Gasteiger charge is 2.19. The van der Waals surface area contributed by atoms with Crippen LogP contribution in [0.5, 0.6) is 0 Å². The van der Waals surface area contributed by atoms with Crippen LogP contribution in [-0.2, 0) is 4.79 Å². The number of para-hydroxylation sites is 1.